The standard InChI is InChI=1S/C20H24BrNO2/c1-13(2)9-10-24-19-8-6-16(21)12-18(19)20(23)22-17-7-5-14(3)15(4)11-17/h5-8,11-13H,9-10H2,1-4H3,(H,22,23). The lowest BCUT2D eigenvalue weighted by Gasteiger charge is -2.14. The Morgan fingerprint density at radius 3 is 2.54 bits per heavy atom. The number of amides is 1. The fourth-order valence-electron chi connectivity index (χ4n) is 2.23. The van der Waals surface area contributed by atoms with Gasteiger partial charge in [-0.25, -0.2) is 0 Å². The molecule has 0 aliphatic carbocycles. The third kappa shape index (κ3) is 5.10. The highest BCUT2D eigenvalue weighted by Gasteiger charge is 2.14. The lowest BCUT2D eigenvalue weighted by atomic mass is 10.1. The first kappa shape index (κ1) is 18.5. The van der Waals surface area contributed by atoms with Crippen molar-refractivity contribution in [3.05, 3.63) is 57.6 Å². The minimum atomic E-state index is -0.167. The molecule has 0 bridgehead atoms. The predicted octanol–water partition coefficient (Wildman–Crippen LogP) is 5.74. The van der Waals surface area contributed by atoms with E-state index >= 15 is 0 Å². The normalized spacial score (nSPS) is 10.8. The Bertz CT molecular complexity index is 726. The van der Waals surface area contributed by atoms with Crippen molar-refractivity contribution in [2.45, 2.75) is 34.1 Å². The second-order valence-electron chi connectivity index (χ2n) is 6.42. The lowest BCUT2D eigenvalue weighted by Crippen LogP contribution is -2.14. The second-order valence-corrected chi connectivity index (χ2v) is 7.34. The molecule has 0 fully saturated rings. The van der Waals surface area contributed by atoms with Crippen LogP contribution >= 0.6 is 15.9 Å². The second kappa shape index (κ2) is 8.34. The summed E-state index contributed by atoms with van der Waals surface area (Å²) in [6, 6.07) is 11.4. The Morgan fingerprint density at radius 1 is 1.12 bits per heavy atom. The zero-order chi connectivity index (χ0) is 17.7. The summed E-state index contributed by atoms with van der Waals surface area (Å²) in [6.07, 6.45) is 0.953. The molecule has 0 heterocycles. The zero-order valence-electron chi connectivity index (χ0n) is 14.7. The van der Waals surface area contributed by atoms with Crippen LogP contribution in [0, 0.1) is 19.8 Å². The summed E-state index contributed by atoms with van der Waals surface area (Å²) in [5, 5.41) is 2.95. The van der Waals surface area contributed by atoms with Gasteiger partial charge < -0.3 is 10.1 Å². The van der Waals surface area contributed by atoms with Gasteiger partial charge in [-0.1, -0.05) is 35.8 Å². The number of carbonyl (C=O) groups is 1. The van der Waals surface area contributed by atoms with Gasteiger partial charge in [0.2, 0.25) is 0 Å². The molecule has 0 aliphatic rings. The average molecular weight is 390 g/mol. The molecule has 0 unspecified atom stereocenters. The summed E-state index contributed by atoms with van der Waals surface area (Å²) in [4.78, 5) is 12.7. The number of rotatable bonds is 6. The number of anilines is 1. The van der Waals surface area contributed by atoms with Crippen molar-refractivity contribution in [3.63, 3.8) is 0 Å². The van der Waals surface area contributed by atoms with Gasteiger partial charge in [-0.15, -0.1) is 0 Å². The van der Waals surface area contributed by atoms with E-state index in [0.29, 0.717) is 23.8 Å². The largest absolute Gasteiger partial charge is 0.493 e. The molecule has 2 aromatic rings. The predicted molar refractivity (Wildman–Crippen MR) is 103 cm³/mol. The minimum absolute atomic E-state index is 0.167. The van der Waals surface area contributed by atoms with E-state index in [9.17, 15) is 4.79 Å². The highest BCUT2D eigenvalue weighted by molar-refractivity contribution is 9.10. The molecule has 0 spiro atoms. The molecule has 4 heteroatoms. The topological polar surface area (TPSA) is 38.3 Å². The molecule has 0 aromatic heterocycles. The van der Waals surface area contributed by atoms with Gasteiger partial charge in [0.05, 0.1) is 12.2 Å². The number of hydrogen-bond acceptors (Lipinski definition) is 2. The highest BCUT2D eigenvalue weighted by atomic mass is 79.9. The first-order valence-electron chi connectivity index (χ1n) is 8.17. The first-order valence-corrected chi connectivity index (χ1v) is 8.97. The van der Waals surface area contributed by atoms with Crippen molar-refractivity contribution in [2.24, 2.45) is 5.92 Å². The van der Waals surface area contributed by atoms with Crippen LogP contribution in [-0.4, -0.2) is 12.5 Å². The molecule has 2 rings (SSSR count). The van der Waals surface area contributed by atoms with Crippen molar-refractivity contribution in [1.29, 1.82) is 0 Å². The van der Waals surface area contributed by atoms with E-state index in [2.05, 4.69) is 42.0 Å². The van der Waals surface area contributed by atoms with E-state index < -0.39 is 0 Å². The molecular weight excluding hydrogens is 366 g/mol. The molecule has 1 N–H and O–H groups in total. The fourth-order valence-corrected chi connectivity index (χ4v) is 2.59. The first-order chi connectivity index (χ1) is 11.4. The van der Waals surface area contributed by atoms with Gasteiger partial charge in [-0.2, -0.15) is 0 Å². The van der Waals surface area contributed by atoms with Gasteiger partial charge in [0, 0.05) is 10.2 Å². The maximum absolute atomic E-state index is 12.7. The molecule has 24 heavy (non-hydrogen) atoms. The number of hydrogen-bond donors (Lipinski definition) is 1. The molecule has 128 valence electrons. The SMILES string of the molecule is Cc1ccc(NC(=O)c2cc(Br)ccc2OCCC(C)C)cc1C. The van der Waals surface area contributed by atoms with E-state index in [-0.39, 0.29) is 5.91 Å². The smallest absolute Gasteiger partial charge is 0.259 e. The summed E-state index contributed by atoms with van der Waals surface area (Å²) in [5.74, 6) is 1.01. The monoisotopic (exact) mass is 389 g/mol. The van der Waals surface area contributed by atoms with E-state index in [1.807, 2.05) is 37.3 Å². The Labute approximate surface area is 152 Å². The van der Waals surface area contributed by atoms with Crippen molar-refractivity contribution in [1.82, 2.24) is 0 Å². The van der Waals surface area contributed by atoms with Crippen LogP contribution in [0.3, 0.4) is 0 Å². The highest BCUT2D eigenvalue weighted by Crippen LogP contribution is 2.25. The van der Waals surface area contributed by atoms with Crippen LogP contribution in [0.2, 0.25) is 0 Å². The summed E-state index contributed by atoms with van der Waals surface area (Å²) in [6.45, 7) is 8.99. The van der Waals surface area contributed by atoms with Crippen molar-refractivity contribution >= 4 is 27.5 Å². The Hall–Kier alpha value is -1.81. The summed E-state index contributed by atoms with van der Waals surface area (Å²) >= 11 is 3.43. The zero-order valence-corrected chi connectivity index (χ0v) is 16.2. The van der Waals surface area contributed by atoms with Crippen molar-refractivity contribution < 1.29 is 9.53 Å². The molecule has 0 radical (unpaired) electrons. The van der Waals surface area contributed by atoms with Gasteiger partial charge >= 0.3 is 0 Å². The average Bonchev–Trinajstić information content (AvgIpc) is 2.52. The molecule has 0 atom stereocenters. The third-order valence-electron chi connectivity index (χ3n) is 3.90. The molecular formula is C20H24BrNO2. The fraction of sp³-hybridized carbons (Fsp3) is 0.350. The lowest BCUT2D eigenvalue weighted by molar-refractivity contribution is 0.102. The molecule has 2 aromatic carbocycles. The number of nitrogens with one attached hydrogen (secondary N) is 1. The molecule has 3 nitrogen and oxygen atoms in total. The Balaban J connectivity index is 2.17. The van der Waals surface area contributed by atoms with Crippen LogP contribution in [-0.2, 0) is 0 Å². The van der Waals surface area contributed by atoms with Gasteiger partial charge in [0.25, 0.3) is 5.91 Å². The molecule has 0 aliphatic heterocycles. The Kier molecular flexibility index (Phi) is 6.44. The minimum Gasteiger partial charge on any atom is -0.493 e. The molecule has 0 saturated carbocycles. The third-order valence-corrected chi connectivity index (χ3v) is 4.40. The van der Waals surface area contributed by atoms with Crippen LogP contribution in [0.25, 0.3) is 0 Å². The van der Waals surface area contributed by atoms with Crippen molar-refractivity contribution in [3.8, 4) is 5.75 Å². The van der Waals surface area contributed by atoms with E-state index in [1.165, 1.54) is 5.56 Å². The number of ether oxygens (including phenoxy) is 1. The van der Waals surface area contributed by atoms with Crippen molar-refractivity contribution in [2.75, 3.05) is 11.9 Å². The maximum Gasteiger partial charge on any atom is 0.259 e. The summed E-state index contributed by atoms with van der Waals surface area (Å²) < 4.78 is 6.67. The Morgan fingerprint density at radius 2 is 1.88 bits per heavy atom. The summed E-state index contributed by atoms with van der Waals surface area (Å²) in [5.41, 5.74) is 3.67. The van der Waals surface area contributed by atoms with Crippen LogP contribution in [0.4, 0.5) is 5.69 Å². The van der Waals surface area contributed by atoms with Gasteiger partial charge in [0.1, 0.15) is 5.75 Å². The van der Waals surface area contributed by atoms with Gasteiger partial charge in [-0.3, -0.25) is 4.79 Å². The van der Waals surface area contributed by atoms with E-state index in [1.54, 1.807) is 6.07 Å². The number of aryl methyl sites for hydroxylation is 2. The number of halogens is 1. The van der Waals surface area contributed by atoms with Crippen LogP contribution in [0.5, 0.6) is 5.75 Å². The van der Waals surface area contributed by atoms with E-state index in [0.717, 1.165) is 22.1 Å². The number of carbonyl (C=O) groups excluding carboxylic acids is 1. The summed E-state index contributed by atoms with van der Waals surface area (Å²) in [7, 11) is 0. The quantitative estimate of drug-likeness (QED) is 0.683. The molecule has 1 amide bonds. The van der Waals surface area contributed by atoms with Crippen LogP contribution in [0.15, 0.2) is 40.9 Å². The maximum atomic E-state index is 12.7. The van der Waals surface area contributed by atoms with E-state index in [4.69, 9.17) is 4.74 Å². The van der Waals surface area contributed by atoms with Crippen LogP contribution < -0.4 is 10.1 Å². The van der Waals surface area contributed by atoms with Gasteiger partial charge in [-0.05, 0) is 67.6 Å². The molecule has 0 saturated heterocycles. The van der Waals surface area contributed by atoms with Gasteiger partial charge in [0.15, 0.2) is 0 Å². The van der Waals surface area contributed by atoms with Crippen LogP contribution in [0.1, 0.15) is 41.8 Å². The number of benzene rings is 2.